The first kappa shape index (κ1) is 16.9. The lowest BCUT2D eigenvalue weighted by molar-refractivity contribution is -0.143. The van der Waals surface area contributed by atoms with Gasteiger partial charge in [0.15, 0.2) is 0 Å². The summed E-state index contributed by atoms with van der Waals surface area (Å²) in [5, 5.41) is 2.77. The zero-order valence-electron chi connectivity index (χ0n) is 15.0. The van der Waals surface area contributed by atoms with Crippen molar-refractivity contribution in [1.29, 1.82) is 0 Å². The Morgan fingerprint density at radius 3 is 2.77 bits per heavy atom. The van der Waals surface area contributed by atoms with E-state index in [2.05, 4.69) is 5.32 Å². The number of piperidine rings is 1. The molecule has 26 heavy (non-hydrogen) atoms. The van der Waals surface area contributed by atoms with Gasteiger partial charge in [0.25, 0.3) is 5.91 Å². The van der Waals surface area contributed by atoms with Crippen molar-refractivity contribution in [3.63, 3.8) is 0 Å². The molecule has 3 saturated heterocycles. The maximum Gasteiger partial charge on any atom is 0.321 e. The first-order chi connectivity index (χ1) is 12.5. The van der Waals surface area contributed by atoms with Crippen LogP contribution in [0.15, 0.2) is 24.3 Å². The third kappa shape index (κ3) is 2.71. The standard InChI is InChI=1S/C19H24N4O3/c1-21-9-3-6-19(17(21)25)7-10-22(13-19)16(24)14-4-2-5-15(12-14)23-11-8-20-18(23)26/h2,4-5,12H,3,6-11,13H2,1H3,(H,20,26)/t19-/m1/s1. The Morgan fingerprint density at radius 1 is 1.15 bits per heavy atom. The van der Waals surface area contributed by atoms with Crippen LogP contribution in [0.5, 0.6) is 0 Å². The zero-order chi connectivity index (χ0) is 18.3. The van der Waals surface area contributed by atoms with E-state index in [1.165, 1.54) is 0 Å². The molecule has 3 aliphatic heterocycles. The van der Waals surface area contributed by atoms with Crippen molar-refractivity contribution in [1.82, 2.24) is 15.1 Å². The first-order valence-corrected chi connectivity index (χ1v) is 9.20. The van der Waals surface area contributed by atoms with E-state index in [9.17, 15) is 14.4 Å². The van der Waals surface area contributed by atoms with Gasteiger partial charge in [-0.3, -0.25) is 14.5 Å². The van der Waals surface area contributed by atoms with Crippen LogP contribution >= 0.6 is 0 Å². The Labute approximate surface area is 152 Å². The average molecular weight is 356 g/mol. The summed E-state index contributed by atoms with van der Waals surface area (Å²) in [5.41, 5.74) is 0.888. The van der Waals surface area contributed by atoms with Gasteiger partial charge in [0, 0.05) is 51.0 Å². The molecule has 1 aromatic carbocycles. The zero-order valence-corrected chi connectivity index (χ0v) is 15.0. The molecule has 1 spiro atoms. The Bertz CT molecular complexity index is 765. The predicted molar refractivity (Wildman–Crippen MR) is 97.0 cm³/mol. The summed E-state index contributed by atoms with van der Waals surface area (Å²) in [5.74, 6) is 0.103. The number of rotatable bonds is 2. The van der Waals surface area contributed by atoms with Crippen LogP contribution in [0, 0.1) is 5.41 Å². The van der Waals surface area contributed by atoms with Crippen molar-refractivity contribution in [2.75, 3.05) is 44.7 Å². The van der Waals surface area contributed by atoms with Crippen LogP contribution in [0.3, 0.4) is 0 Å². The number of carbonyl (C=O) groups is 3. The minimum Gasteiger partial charge on any atom is -0.345 e. The van der Waals surface area contributed by atoms with Crippen molar-refractivity contribution in [3.05, 3.63) is 29.8 Å². The van der Waals surface area contributed by atoms with Crippen molar-refractivity contribution >= 4 is 23.5 Å². The molecule has 0 aromatic heterocycles. The molecule has 7 heteroatoms. The molecule has 0 bridgehead atoms. The number of urea groups is 1. The molecule has 7 nitrogen and oxygen atoms in total. The van der Waals surface area contributed by atoms with E-state index >= 15 is 0 Å². The summed E-state index contributed by atoms with van der Waals surface area (Å²) < 4.78 is 0. The highest BCUT2D eigenvalue weighted by molar-refractivity contribution is 5.99. The van der Waals surface area contributed by atoms with Crippen LogP contribution in [-0.2, 0) is 4.79 Å². The Hall–Kier alpha value is -2.57. The summed E-state index contributed by atoms with van der Waals surface area (Å²) in [6.45, 7) is 3.11. The average Bonchev–Trinajstić information content (AvgIpc) is 3.26. The highest BCUT2D eigenvalue weighted by atomic mass is 16.2. The summed E-state index contributed by atoms with van der Waals surface area (Å²) in [7, 11) is 1.85. The number of hydrogen-bond acceptors (Lipinski definition) is 3. The van der Waals surface area contributed by atoms with Gasteiger partial charge in [-0.1, -0.05) is 6.07 Å². The van der Waals surface area contributed by atoms with Crippen molar-refractivity contribution in [2.24, 2.45) is 5.41 Å². The van der Waals surface area contributed by atoms with Crippen LogP contribution in [0.1, 0.15) is 29.6 Å². The van der Waals surface area contributed by atoms with Crippen LogP contribution < -0.4 is 10.2 Å². The van der Waals surface area contributed by atoms with Gasteiger partial charge < -0.3 is 15.1 Å². The van der Waals surface area contributed by atoms with Gasteiger partial charge in [0.05, 0.1) is 5.41 Å². The topological polar surface area (TPSA) is 73.0 Å². The number of nitrogens with zero attached hydrogens (tertiary/aromatic N) is 3. The van der Waals surface area contributed by atoms with Gasteiger partial charge in [-0.05, 0) is 37.5 Å². The molecular formula is C19H24N4O3. The second-order valence-electron chi connectivity index (χ2n) is 7.52. The van der Waals surface area contributed by atoms with Gasteiger partial charge in [0.2, 0.25) is 5.91 Å². The lowest BCUT2D eigenvalue weighted by atomic mass is 9.78. The maximum atomic E-state index is 13.0. The summed E-state index contributed by atoms with van der Waals surface area (Å²) in [6.07, 6.45) is 2.58. The normalized spacial score (nSPS) is 26.0. The molecule has 1 N–H and O–H groups in total. The predicted octanol–water partition coefficient (Wildman–Crippen LogP) is 1.30. The number of carbonyl (C=O) groups excluding carboxylic acids is 3. The molecule has 0 aliphatic carbocycles. The third-order valence-electron chi connectivity index (χ3n) is 5.85. The second-order valence-corrected chi connectivity index (χ2v) is 7.52. The number of benzene rings is 1. The highest BCUT2D eigenvalue weighted by Crippen LogP contribution is 2.40. The van der Waals surface area contributed by atoms with E-state index in [0.717, 1.165) is 31.5 Å². The fourth-order valence-electron chi connectivity index (χ4n) is 4.40. The molecule has 4 rings (SSSR count). The molecule has 3 heterocycles. The largest absolute Gasteiger partial charge is 0.345 e. The molecule has 0 radical (unpaired) electrons. The van der Waals surface area contributed by atoms with Crippen molar-refractivity contribution in [2.45, 2.75) is 19.3 Å². The van der Waals surface area contributed by atoms with Gasteiger partial charge >= 0.3 is 6.03 Å². The summed E-state index contributed by atoms with van der Waals surface area (Å²) in [6, 6.07) is 7.06. The van der Waals surface area contributed by atoms with E-state index in [1.807, 2.05) is 13.1 Å². The Kier molecular flexibility index (Phi) is 4.09. The Morgan fingerprint density at radius 2 is 2.00 bits per heavy atom. The van der Waals surface area contributed by atoms with E-state index < -0.39 is 5.41 Å². The van der Waals surface area contributed by atoms with Crippen LogP contribution in [0.4, 0.5) is 10.5 Å². The number of anilines is 1. The summed E-state index contributed by atoms with van der Waals surface area (Å²) >= 11 is 0. The minimum atomic E-state index is -0.408. The van der Waals surface area contributed by atoms with E-state index in [4.69, 9.17) is 0 Å². The maximum absolute atomic E-state index is 13.0. The lowest BCUT2D eigenvalue weighted by Gasteiger charge is -2.37. The number of amides is 4. The van der Waals surface area contributed by atoms with E-state index in [-0.39, 0.29) is 17.8 Å². The molecule has 1 aromatic rings. The van der Waals surface area contributed by atoms with Crippen LogP contribution in [0.25, 0.3) is 0 Å². The SMILES string of the molecule is CN1CCC[C@]2(CCN(C(=O)c3cccc(N4CCNC4=O)c3)C2)C1=O. The third-order valence-corrected chi connectivity index (χ3v) is 5.85. The smallest absolute Gasteiger partial charge is 0.321 e. The van der Waals surface area contributed by atoms with Gasteiger partial charge in [-0.25, -0.2) is 4.79 Å². The van der Waals surface area contributed by atoms with E-state index in [1.54, 1.807) is 32.9 Å². The molecule has 3 aliphatic rings. The molecular weight excluding hydrogens is 332 g/mol. The Balaban J connectivity index is 1.52. The van der Waals surface area contributed by atoms with Gasteiger partial charge in [0.1, 0.15) is 0 Å². The van der Waals surface area contributed by atoms with Crippen molar-refractivity contribution in [3.8, 4) is 0 Å². The first-order valence-electron chi connectivity index (χ1n) is 9.20. The van der Waals surface area contributed by atoms with Crippen molar-refractivity contribution < 1.29 is 14.4 Å². The molecule has 1 atom stereocenters. The monoisotopic (exact) mass is 356 g/mol. The molecule has 138 valence electrons. The highest BCUT2D eigenvalue weighted by Gasteiger charge is 2.48. The molecule has 3 fully saturated rings. The number of nitrogens with one attached hydrogen (secondary N) is 1. The van der Waals surface area contributed by atoms with E-state index in [0.29, 0.717) is 31.7 Å². The number of hydrogen-bond donors (Lipinski definition) is 1. The second kappa shape index (κ2) is 6.30. The fourth-order valence-corrected chi connectivity index (χ4v) is 4.40. The van der Waals surface area contributed by atoms with Gasteiger partial charge in [-0.15, -0.1) is 0 Å². The van der Waals surface area contributed by atoms with Crippen LogP contribution in [0.2, 0.25) is 0 Å². The fraction of sp³-hybridized carbons (Fsp3) is 0.526. The lowest BCUT2D eigenvalue weighted by Crippen LogP contribution is -2.48. The molecule has 0 saturated carbocycles. The summed E-state index contributed by atoms with van der Waals surface area (Å²) in [4.78, 5) is 42.7. The quantitative estimate of drug-likeness (QED) is 0.868. The minimum absolute atomic E-state index is 0.0654. The van der Waals surface area contributed by atoms with Gasteiger partial charge in [-0.2, -0.15) is 0 Å². The van der Waals surface area contributed by atoms with Crippen LogP contribution in [-0.4, -0.2) is 67.4 Å². The number of likely N-dealkylation sites (tertiary alicyclic amines) is 2. The molecule has 4 amide bonds. The molecule has 0 unspecified atom stereocenters.